The summed E-state index contributed by atoms with van der Waals surface area (Å²) >= 11 is 0. The first-order chi connectivity index (χ1) is 17.0. The monoisotopic (exact) mass is 465 g/mol. The zero-order chi connectivity index (χ0) is 24.0. The van der Waals surface area contributed by atoms with Crippen molar-refractivity contribution in [2.75, 3.05) is 7.11 Å². The van der Waals surface area contributed by atoms with Crippen LogP contribution in [0.15, 0.2) is 65.7 Å². The minimum atomic E-state index is 0.171. The van der Waals surface area contributed by atoms with Gasteiger partial charge in [-0.1, -0.05) is 48.5 Å². The van der Waals surface area contributed by atoms with Crippen LogP contribution in [0.1, 0.15) is 60.8 Å². The maximum absolute atomic E-state index is 11.5. The fourth-order valence-corrected chi connectivity index (χ4v) is 7.78. The summed E-state index contributed by atoms with van der Waals surface area (Å²) < 4.78 is 5.60. The molecule has 3 aromatic rings. The van der Waals surface area contributed by atoms with Crippen LogP contribution in [-0.2, 0) is 12.0 Å². The molecule has 7 rings (SSSR count). The van der Waals surface area contributed by atoms with E-state index in [-0.39, 0.29) is 5.41 Å². The van der Waals surface area contributed by atoms with Crippen molar-refractivity contribution in [2.24, 2.45) is 22.7 Å². The third-order valence-corrected chi connectivity index (χ3v) is 8.80. The molecule has 0 aromatic heterocycles. The van der Waals surface area contributed by atoms with Gasteiger partial charge in [-0.15, -0.1) is 0 Å². The van der Waals surface area contributed by atoms with Crippen LogP contribution in [0.25, 0.3) is 11.1 Å². The number of para-hydroxylation sites is 1. The normalized spacial score (nSPS) is 27.0. The molecule has 180 valence electrons. The Hall–Kier alpha value is -3.07. The van der Waals surface area contributed by atoms with Crippen LogP contribution in [0.5, 0.6) is 11.5 Å². The molecule has 0 spiro atoms. The molecule has 4 fully saturated rings. The van der Waals surface area contributed by atoms with E-state index in [9.17, 15) is 5.11 Å². The molecular weight excluding hydrogens is 430 g/mol. The quantitative estimate of drug-likeness (QED) is 0.384. The predicted octanol–water partition coefficient (Wildman–Crippen LogP) is 7.46. The first-order valence-electron chi connectivity index (χ1n) is 13.1. The molecule has 35 heavy (non-hydrogen) atoms. The van der Waals surface area contributed by atoms with Crippen LogP contribution >= 0.6 is 0 Å². The maximum Gasteiger partial charge on any atom is 0.128 e. The molecule has 4 aliphatic rings. The van der Waals surface area contributed by atoms with E-state index in [1.54, 1.807) is 7.11 Å². The first kappa shape index (κ1) is 22.4. The van der Waals surface area contributed by atoms with Crippen LogP contribution in [0.3, 0.4) is 0 Å². The standard InChI is InChI=1S/C32H35NO2/c1-21-11-26(31(34)29(12-21)32-16-22-13-23(17-32)15-24(14-22)18-32)20-33-19-25-7-3-4-8-27(25)28-9-5-6-10-30(28)35-2/h3-12,20,22-24,34H,13-19H2,1-2H3. The van der Waals surface area contributed by atoms with Crippen molar-refractivity contribution in [3.05, 3.63) is 82.9 Å². The van der Waals surface area contributed by atoms with Gasteiger partial charge in [-0.05, 0) is 97.4 Å². The smallest absolute Gasteiger partial charge is 0.128 e. The second-order valence-corrected chi connectivity index (χ2v) is 11.3. The van der Waals surface area contributed by atoms with E-state index in [1.165, 1.54) is 49.7 Å². The summed E-state index contributed by atoms with van der Waals surface area (Å²) in [6.07, 6.45) is 9.85. The Morgan fingerprint density at radius 2 is 1.54 bits per heavy atom. The molecule has 3 aromatic carbocycles. The minimum absolute atomic E-state index is 0.171. The average Bonchev–Trinajstić information content (AvgIpc) is 2.85. The summed E-state index contributed by atoms with van der Waals surface area (Å²) in [5, 5.41) is 11.5. The topological polar surface area (TPSA) is 41.8 Å². The van der Waals surface area contributed by atoms with Gasteiger partial charge in [0.05, 0.1) is 13.7 Å². The lowest BCUT2D eigenvalue weighted by atomic mass is 9.48. The average molecular weight is 466 g/mol. The van der Waals surface area contributed by atoms with Gasteiger partial charge in [-0.25, -0.2) is 0 Å². The van der Waals surface area contributed by atoms with Crippen molar-refractivity contribution >= 4 is 6.21 Å². The Morgan fingerprint density at radius 3 is 2.23 bits per heavy atom. The lowest BCUT2D eigenvalue weighted by Gasteiger charge is -2.57. The van der Waals surface area contributed by atoms with Crippen LogP contribution in [0.4, 0.5) is 0 Å². The molecule has 4 bridgehead atoms. The Bertz CT molecular complexity index is 1240. The Kier molecular flexibility index (Phi) is 5.67. The minimum Gasteiger partial charge on any atom is -0.507 e. The molecule has 0 heterocycles. The molecule has 3 nitrogen and oxygen atoms in total. The number of nitrogens with zero attached hydrogens (tertiary/aromatic N) is 1. The van der Waals surface area contributed by atoms with Gasteiger partial charge in [-0.3, -0.25) is 4.99 Å². The molecule has 4 saturated carbocycles. The zero-order valence-corrected chi connectivity index (χ0v) is 20.8. The molecule has 3 heteroatoms. The summed E-state index contributed by atoms with van der Waals surface area (Å²) in [4.78, 5) is 4.82. The first-order valence-corrected chi connectivity index (χ1v) is 13.1. The maximum atomic E-state index is 11.5. The van der Waals surface area contributed by atoms with Crippen molar-refractivity contribution in [1.82, 2.24) is 0 Å². The number of aromatic hydroxyl groups is 1. The van der Waals surface area contributed by atoms with Crippen molar-refractivity contribution in [2.45, 2.75) is 57.4 Å². The SMILES string of the molecule is COc1ccccc1-c1ccccc1CN=Cc1cc(C)cc(C23CC4CC(CC(C4)C2)C3)c1O. The van der Waals surface area contributed by atoms with E-state index in [0.717, 1.165) is 45.8 Å². The summed E-state index contributed by atoms with van der Waals surface area (Å²) in [7, 11) is 1.71. The van der Waals surface area contributed by atoms with Crippen molar-refractivity contribution < 1.29 is 9.84 Å². The lowest BCUT2D eigenvalue weighted by molar-refractivity contribution is -0.00616. The van der Waals surface area contributed by atoms with E-state index in [1.807, 2.05) is 24.4 Å². The van der Waals surface area contributed by atoms with Gasteiger partial charge in [0.2, 0.25) is 0 Å². The predicted molar refractivity (Wildman–Crippen MR) is 142 cm³/mol. The van der Waals surface area contributed by atoms with Crippen molar-refractivity contribution in [3.8, 4) is 22.6 Å². The fourth-order valence-electron chi connectivity index (χ4n) is 7.78. The molecule has 0 saturated heterocycles. The molecule has 0 radical (unpaired) electrons. The van der Waals surface area contributed by atoms with Crippen LogP contribution < -0.4 is 4.74 Å². The highest BCUT2D eigenvalue weighted by atomic mass is 16.5. The van der Waals surface area contributed by atoms with E-state index in [0.29, 0.717) is 12.3 Å². The third-order valence-electron chi connectivity index (χ3n) is 8.80. The molecule has 4 aliphatic carbocycles. The number of ether oxygens (including phenoxy) is 1. The van der Waals surface area contributed by atoms with Gasteiger partial charge in [0.25, 0.3) is 0 Å². The lowest BCUT2D eigenvalue weighted by Crippen LogP contribution is -2.48. The largest absolute Gasteiger partial charge is 0.507 e. The van der Waals surface area contributed by atoms with Crippen molar-refractivity contribution in [3.63, 3.8) is 0 Å². The second kappa shape index (κ2) is 8.86. The summed E-state index contributed by atoms with van der Waals surface area (Å²) in [6, 6.07) is 20.8. The number of hydrogen-bond donors (Lipinski definition) is 1. The van der Waals surface area contributed by atoms with E-state index < -0.39 is 0 Å². The van der Waals surface area contributed by atoms with E-state index in [2.05, 4.69) is 49.4 Å². The molecular formula is C32H35NO2. The Balaban J connectivity index is 1.30. The molecule has 0 unspecified atom stereocenters. The summed E-state index contributed by atoms with van der Waals surface area (Å²) in [5.74, 6) is 3.87. The highest BCUT2D eigenvalue weighted by molar-refractivity contribution is 5.85. The van der Waals surface area contributed by atoms with Gasteiger partial charge < -0.3 is 9.84 Å². The highest BCUT2D eigenvalue weighted by Gasteiger charge is 2.52. The summed E-state index contributed by atoms with van der Waals surface area (Å²) in [5.41, 5.74) is 6.77. The number of hydrogen-bond acceptors (Lipinski definition) is 3. The zero-order valence-electron chi connectivity index (χ0n) is 20.8. The van der Waals surface area contributed by atoms with Crippen LogP contribution in [-0.4, -0.2) is 18.4 Å². The number of phenolic OH excluding ortho intramolecular Hbond substituents is 1. The van der Waals surface area contributed by atoms with Gasteiger partial charge in [0.1, 0.15) is 11.5 Å². The molecule has 0 atom stereocenters. The molecule has 1 N–H and O–H groups in total. The van der Waals surface area contributed by atoms with E-state index >= 15 is 0 Å². The van der Waals surface area contributed by atoms with Crippen molar-refractivity contribution in [1.29, 1.82) is 0 Å². The van der Waals surface area contributed by atoms with Gasteiger partial charge >= 0.3 is 0 Å². The molecule has 0 aliphatic heterocycles. The Morgan fingerprint density at radius 1 is 0.914 bits per heavy atom. The number of benzene rings is 3. The molecule has 0 amide bonds. The number of phenols is 1. The van der Waals surface area contributed by atoms with Crippen LogP contribution in [0.2, 0.25) is 0 Å². The number of aliphatic imine (C=N–C) groups is 1. The van der Waals surface area contributed by atoms with E-state index in [4.69, 9.17) is 9.73 Å². The number of methoxy groups -OCH3 is 1. The number of rotatable bonds is 6. The second-order valence-electron chi connectivity index (χ2n) is 11.3. The van der Waals surface area contributed by atoms with Gasteiger partial charge in [0, 0.05) is 22.9 Å². The van der Waals surface area contributed by atoms with Crippen LogP contribution in [0, 0.1) is 24.7 Å². The summed E-state index contributed by atoms with van der Waals surface area (Å²) in [6.45, 7) is 2.70. The number of aryl methyl sites for hydroxylation is 1. The Labute approximate surface area is 208 Å². The fraction of sp³-hybridized carbons (Fsp3) is 0.406. The highest BCUT2D eigenvalue weighted by Crippen LogP contribution is 2.62. The van der Waals surface area contributed by atoms with Gasteiger partial charge in [-0.2, -0.15) is 0 Å². The van der Waals surface area contributed by atoms with Gasteiger partial charge in [0.15, 0.2) is 0 Å². The third kappa shape index (κ3) is 4.05.